The van der Waals surface area contributed by atoms with Gasteiger partial charge in [0.1, 0.15) is 5.03 Å². The number of nitrogens with two attached hydrogens (primary N) is 1. The maximum atomic E-state index is 5.80. The first-order chi connectivity index (χ1) is 6.75. The highest BCUT2D eigenvalue weighted by atomic mass is 32.2. The molecule has 2 N–H and O–H groups in total. The van der Waals surface area contributed by atoms with Crippen molar-refractivity contribution >= 4 is 28.8 Å². The van der Waals surface area contributed by atoms with Gasteiger partial charge in [-0.2, -0.15) is 0 Å². The Morgan fingerprint density at radius 2 is 2.36 bits per heavy atom. The minimum atomic E-state index is 0.805. The SMILES string of the molecule is Cc1cnc(Sc2cccs2)cc1N. The molecule has 2 aromatic rings. The van der Waals surface area contributed by atoms with E-state index in [-0.39, 0.29) is 0 Å². The molecule has 2 rings (SSSR count). The van der Waals surface area contributed by atoms with Gasteiger partial charge in [-0.05, 0) is 30.0 Å². The molecule has 0 spiro atoms. The molecule has 2 aromatic heterocycles. The average Bonchev–Trinajstić information content (AvgIpc) is 2.64. The maximum Gasteiger partial charge on any atom is 0.104 e. The summed E-state index contributed by atoms with van der Waals surface area (Å²) in [6.07, 6.45) is 1.81. The molecular formula is C10H10N2S2. The smallest absolute Gasteiger partial charge is 0.104 e. The number of aromatic nitrogens is 1. The summed E-state index contributed by atoms with van der Waals surface area (Å²) >= 11 is 3.35. The van der Waals surface area contributed by atoms with E-state index in [4.69, 9.17) is 5.73 Å². The van der Waals surface area contributed by atoms with Crippen molar-refractivity contribution in [3.8, 4) is 0 Å². The van der Waals surface area contributed by atoms with Crippen LogP contribution < -0.4 is 5.73 Å². The zero-order valence-corrected chi connectivity index (χ0v) is 9.36. The standard InChI is InChI=1S/C10H10N2S2/c1-7-6-12-9(5-8(7)11)14-10-3-2-4-13-10/h2-6H,1H3,(H2,11,12). The van der Waals surface area contributed by atoms with Crippen LogP contribution in [-0.4, -0.2) is 4.98 Å². The van der Waals surface area contributed by atoms with E-state index in [1.807, 2.05) is 25.3 Å². The van der Waals surface area contributed by atoms with Gasteiger partial charge in [0.15, 0.2) is 0 Å². The number of nitrogens with zero attached hydrogens (tertiary/aromatic N) is 1. The Morgan fingerprint density at radius 3 is 3.00 bits per heavy atom. The molecule has 0 aliphatic rings. The van der Waals surface area contributed by atoms with Gasteiger partial charge in [0.2, 0.25) is 0 Å². The Hall–Kier alpha value is -1.00. The molecule has 0 unspecified atom stereocenters. The lowest BCUT2D eigenvalue weighted by molar-refractivity contribution is 1.11. The quantitative estimate of drug-likeness (QED) is 0.848. The first kappa shape index (κ1) is 9.55. The van der Waals surface area contributed by atoms with Gasteiger partial charge < -0.3 is 5.73 Å². The van der Waals surface area contributed by atoms with Crippen LogP contribution in [0.15, 0.2) is 39.0 Å². The van der Waals surface area contributed by atoms with Crippen molar-refractivity contribution in [3.63, 3.8) is 0 Å². The van der Waals surface area contributed by atoms with Crippen LogP contribution in [0.25, 0.3) is 0 Å². The fraction of sp³-hybridized carbons (Fsp3) is 0.100. The first-order valence-corrected chi connectivity index (χ1v) is 5.89. The third-order valence-corrected chi connectivity index (χ3v) is 3.79. The molecule has 0 atom stereocenters. The van der Waals surface area contributed by atoms with Crippen molar-refractivity contribution in [2.24, 2.45) is 0 Å². The van der Waals surface area contributed by atoms with Crippen LogP contribution in [0.5, 0.6) is 0 Å². The molecule has 2 nitrogen and oxygen atoms in total. The zero-order chi connectivity index (χ0) is 9.97. The Bertz CT molecular complexity index is 424. The van der Waals surface area contributed by atoms with Gasteiger partial charge in [0.05, 0.1) is 4.21 Å². The zero-order valence-electron chi connectivity index (χ0n) is 7.73. The maximum absolute atomic E-state index is 5.80. The Morgan fingerprint density at radius 1 is 1.50 bits per heavy atom. The fourth-order valence-electron chi connectivity index (χ4n) is 1.000. The number of aryl methyl sites for hydroxylation is 1. The molecule has 0 aromatic carbocycles. The summed E-state index contributed by atoms with van der Waals surface area (Å²) in [6, 6.07) is 6.03. The van der Waals surface area contributed by atoms with E-state index < -0.39 is 0 Å². The fourth-order valence-corrected chi connectivity index (χ4v) is 2.71. The lowest BCUT2D eigenvalue weighted by Gasteiger charge is -2.01. The minimum absolute atomic E-state index is 0.805. The number of nitrogen functional groups attached to an aromatic ring is 1. The van der Waals surface area contributed by atoms with Crippen molar-refractivity contribution in [1.82, 2.24) is 4.98 Å². The molecule has 0 saturated carbocycles. The molecule has 0 aliphatic heterocycles. The van der Waals surface area contributed by atoms with E-state index in [2.05, 4.69) is 16.4 Å². The Labute approximate surface area is 91.2 Å². The van der Waals surface area contributed by atoms with E-state index in [0.717, 1.165) is 16.3 Å². The molecule has 0 amide bonds. The monoisotopic (exact) mass is 222 g/mol. The lowest BCUT2D eigenvalue weighted by atomic mass is 10.3. The third-order valence-electron chi connectivity index (χ3n) is 1.82. The molecule has 0 fully saturated rings. The summed E-state index contributed by atoms with van der Waals surface area (Å²) < 4.78 is 1.24. The lowest BCUT2D eigenvalue weighted by Crippen LogP contribution is -1.91. The van der Waals surface area contributed by atoms with Gasteiger partial charge in [-0.15, -0.1) is 11.3 Å². The van der Waals surface area contributed by atoms with Crippen molar-refractivity contribution in [2.75, 3.05) is 5.73 Å². The Balaban J connectivity index is 2.22. The van der Waals surface area contributed by atoms with Crippen LogP contribution in [0.4, 0.5) is 5.69 Å². The minimum Gasteiger partial charge on any atom is -0.398 e. The summed E-state index contributed by atoms with van der Waals surface area (Å²) in [5.74, 6) is 0. The van der Waals surface area contributed by atoms with E-state index in [0.29, 0.717) is 0 Å². The topological polar surface area (TPSA) is 38.9 Å². The van der Waals surface area contributed by atoms with Gasteiger partial charge in [0.25, 0.3) is 0 Å². The summed E-state index contributed by atoms with van der Waals surface area (Å²) in [4.78, 5) is 4.30. The van der Waals surface area contributed by atoms with E-state index in [1.165, 1.54) is 4.21 Å². The van der Waals surface area contributed by atoms with Crippen LogP contribution in [0.1, 0.15) is 5.56 Å². The summed E-state index contributed by atoms with van der Waals surface area (Å²) in [6.45, 7) is 1.96. The molecular weight excluding hydrogens is 212 g/mol. The predicted octanol–water partition coefficient (Wildman–Crippen LogP) is 3.18. The van der Waals surface area contributed by atoms with Gasteiger partial charge in [-0.1, -0.05) is 17.8 Å². The van der Waals surface area contributed by atoms with Crippen molar-refractivity contribution in [3.05, 3.63) is 35.3 Å². The van der Waals surface area contributed by atoms with Crippen LogP contribution in [0, 0.1) is 6.92 Å². The van der Waals surface area contributed by atoms with Crippen molar-refractivity contribution < 1.29 is 0 Å². The van der Waals surface area contributed by atoms with E-state index in [9.17, 15) is 0 Å². The molecule has 0 radical (unpaired) electrons. The molecule has 4 heteroatoms. The number of thiophene rings is 1. The third kappa shape index (κ3) is 2.08. The number of anilines is 1. The molecule has 14 heavy (non-hydrogen) atoms. The van der Waals surface area contributed by atoms with Crippen LogP contribution in [0.2, 0.25) is 0 Å². The highest BCUT2D eigenvalue weighted by Gasteiger charge is 2.01. The first-order valence-electron chi connectivity index (χ1n) is 4.19. The highest BCUT2D eigenvalue weighted by molar-refractivity contribution is 8.01. The molecule has 2 heterocycles. The number of hydrogen-bond donors (Lipinski definition) is 1. The van der Waals surface area contributed by atoms with Crippen LogP contribution >= 0.6 is 23.1 Å². The summed E-state index contributed by atoms with van der Waals surface area (Å²) in [7, 11) is 0. The van der Waals surface area contributed by atoms with Crippen LogP contribution in [-0.2, 0) is 0 Å². The molecule has 0 aliphatic carbocycles. The van der Waals surface area contributed by atoms with Gasteiger partial charge in [-0.3, -0.25) is 0 Å². The van der Waals surface area contributed by atoms with Gasteiger partial charge in [0, 0.05) is 11.9 Å². The largest absolute Gasteiger partial charge is 0.398 e. The average molecular weight is 222 g/mol. The molecule has 0 saturated heterocycles. The summed E-state index contributed by atoms with van der Waals surface area (Å²) in [5.41, 5.74) is 7.63. The van der Waals surface area contributed by atoms with E-state index >= 15 is 0 Å². The van der Waals surface area contributed by atoms with Gasteiger partial charge >= 0.3 is 0 Å². The molecule has 0 bridgehead atoms. The normalized spacial score (nSPS) is 10.4. The van der Waals surface area contributed by atoms with Crippen molar-refractivity contribution in [1.29, 1.82) is 0 Å². The number of rotatable bonds is 2. The van der Waals surface area contributed by atoms with Crippen molar-refractivity contribution in [2.45, 2.75) is 16.2 Å². The summed E-state index contributed by atoms with van der Waals surface area (Å²) in [5, 5.41) is 3.01. The highest BCUT2D eigenvalue weighted by Crippen LogP contribution is 2.30. The number of hydrogen-bond acceptors (Lipinski definition) is 4. The second kappa shape index (κ2) is 4.02. The van der Waals surface area contributed by atoms with Gasteiger partial charge in [-0.25, -0.2) is 4.98 Å². The van der Waals surface area contributed by atoms with E-state index in [1.54, 1.807) is 23.1 Å². The molecule has 72 valence electrons. The second-order valence-electron chi connectivity index (χ2n) is 2.91. The number of pyridine rings is 1. The second-order valence-corrected chi connectivity index (χ2v) is 5.18. The Kier molecular flexibility index (Phi) is 2.74. The van der Waals surface area contributed by atoms with Crippen LogP contribution in [0.3, 0.4) is 0 Å². The predicted molar refractivity (Wildman–Crippen MR) is 61.8 cm³/mol.